The Balaban J connectivity index is 1.68. The number of nitrogens with two attached hydrogens (primary N) is 1. The maximum Gasteiger partial charge on any atom is 0.369 e. The van der Waals surface area contributed by atoms with Gasteiger partial charge in [-0.2, -0.15) is 0 Å². The molecule has 0 spiro atoms. The van der Waals surface area contributed by atoms with E-state index in [4.69, 9.17) is 4.74 Å². The molecule has 0 bridgehead atoms. The largest absolute Gasteiger partial charge is 0.461 e. The molecule has 4 heteroatoms. The molecule has 0 radical (unpaired) electrons. The van der Waals surface area contributed by atoms with Crippen LogP contribution in [0.1, 0.15) is 24.1 Å². The van der Waals surface area contributed by atoms with Crippen LogP contribution in [0.4, 0.5) is 0 Å². The number of ether oxygens (including phenoxy) is 1. The van der Waals surface area contributed by atoms with E-state index in [1.165, 1.54) is 10.9 Å². The number of H-pyrrole nitrogens is 1. The zero-order valence-corrected chi connectivity index (χ0v) is 13.9. The van der Waals surface area contributed by atoms with E-state index in [2.05, 4.69) is 34.7 Å². The number of fused-ring (bicyclic) bond motifs is 1. The van der Waals surface area contributed by atoms with Gasteiger partial charge in [-0.05, 0) is 18.6 Å². The molecule has 124 valence electrons. The third kappa shape index (κ3) is 3.66. The molecule has 3 aromatic rings. The summed E-state index contributed by atoms with van der Waals surface area (Å²) in [5.74, 6) is -0.178. The highest BCUT2D eigenvalue weighted by Gasteiger charge is 2.25. The summed E-state index contributed by atoms with van der Waals surface area (Å²) in [6, 6.07) is 17.8. The highest BCUT2D eigenvalue weighted by Crippen LogP contribution is 2.17. The normalized spacial score (nSPS) is 12.2. The lowest BCUT2D eigenvalue weighted by Gasteiger charge is -2.14. The van der Waals surface area contributed by atoms with Crippen LogP contribution < -0.4 is 5.32 Å². The van der Waals surface area contributed by atoms with Gasteiger partial charge in [-0.3, -0.25) is 0 Å². The van der Waals surface area contributed by atoms with Crippen LogP contribution in [-0.2, 0) is 16.0 Å². The van der Waals surface area contributed by atoms with E-state index >= 15 is 0 Å². The smallest absolute Gasteiger partial charge is 0.369 e. The van der Waals surface area contributed by atoms with Crippen molar-refractivity contribution in [2.24, 2.45) is 0 Å². The first-order valence-electron chi connectivity index (χ1n) is 8.39. The summed E-state index contributed by atoms with van der Waals surface area (Å²) in [6.45, 7) is 3.06. The van der Waals surface area contributed by atoms with E-state index < -0.39 is 0 Å². The van der Waals surface area contributed by atoms with E-state index in [9.17, 15) is 4.79 Å². The summed E-state index contributed by atoms with van der Waals surface area (Å²) in [5, 5.41) is 3.31. The Morgan fingerprint density at radius 3 is 2.67 bits per heavy atom. The van der Waals surface area contributed by atoms with Crippen molar-refractivity contribution in [1.29, 1.82) is 0 Å². The second-order valence-electron chi connectivity index (χ2n) is 5.77. The Morgan fingerprint density at radius 1 is 1.12 bits per heavy atom. The minimum absolute atomic E-state index is 0.178. The molecule has 0 aliphatic carbocycles. The summed E-state index contributed by atoms with van der Waals surface area (Å²) in [5.41, 5.74) is 3.41. The average molecular weight is 323 g/mol. The number of esters is 1. The van der Waals surface area contributed by atoms with Crippen molar-refractivity contribution >= 4 is 16.9 Å². The monoisotopic (exact) mass is 323 g/mol. The van der Waals surface area contributed by atoms with Crippen LogP contribution in [0.3, 0.4) is 0 Å². The summed E-state index contributed by atoms with van der Waals surface area (Å²) >= 11 is 0. The van der Waals surface area contributed by atoms with Crippen LogP contribution in [0.25, 0.3) is 10.9 Å². The van der Waals surface area contributed by atoms with E-state index in [-0.39, 0.29) is 12.0 Å². The highest BCUT2D eigenvalue weighted by atomic mass is 16.5. The molecule has 1 heterocycles. The number of aromatic amines is 1. The second kappa shape index (κ2) is 7.79. The summed E-state index contributed by atoms with van der Waals surface area (Å²) in [4.78, 5) is 15.6. The predicted molar refractivity (Wildman–Crippen MR) is 94.6 cm³/mol. The molecule has 24 heavy (non-hydrogen) atoms. The topological polar surface area (TPSA) is 58.7 Å². The molecule has 0 aliphatic rings. The fraction of sp³-hybridized carbons (Fsp3) is 0.250. The molecule has 0 saturated heterocycles. The molecule has 0 unspecified atom stereocenters. The number of hydrogen-bond acceptors (Lipinski definition) is 2. The minimum atomic E-state index is -0.309. The molecule has 0 aliphatic heterocycles. The lowest BCUT2D eigenvalue weighted by atomic mass is 10.1. The van der Waals surface area contributed by atoms with Crippen molar-refractivity contribution in [1.82, 2.24) is 4.98 Å². The number of quaternary nitrogens is 1. The average Bonchev–Trinajstić information content (AvgIpc) is 3.03. The van der Waals surface area contributed by atoms with Gasteiger partial charge in [0.2, 0.25) is 6.04 Å². The molecule has 0 fully saturated rings. The lowest BCUT2D eigenvalue weighted by Crippen LogP contribution is -2.87. The molecule has 4 nitrogen and oxygen atoms in total. The number of para-hydroxylation sites is 1. The Morgan fingerprint density at radius 2 is 1.88 bits per heavy atom. The van der Waals surface area contributed by atoms with E-state index in [1.807, 2.05) is 43.3 Å². The van der Waals surface area contributed by atoms with E-state index in [1.54, 1.807) is 0 Å². The number of benzene rings is 2. The second-order valence-corrected chi connectivity index (χ2v) is 5.77. The lowest BCUT2D eigenvalue weighted by molar-refractivity contribution is -0.684. The molecular formula is C20H23N2O2+. The number of nitrogens with one attached hydrogen (secondary N) is 1. The summed E-state index contributed by atoms with van der Waals surface area (Å²) in [7, 11) is 0. The van der Waals surface area contributed by atoms with Gasteiger partial charge >= 0.3 is 5.97 Å². The Kier molecular flexibility index (Phi) is 5.29. The number of carbonyl (C=O) groups excluding carboxylic acids is 1. The van der Waals surface area contributed by atoms with Crippen LogP contribution in [0, 0.1) is 0 Å². The van der Waals surface area contributed by atoms with Crippen molar-refractivity contribution in [3.8, 4) is 0 Å². The zero-order valence-electron chi connectivity index (χ0n) is 13.9. The highest BCUT2D eigenvalue weighted by molar-refractivity contribution is 5.83. The maximum absolute atomic E-state index is 12.3. The van der Waals surface area contributed by atoms with Gasteiger partial charge in [-0.1, -0.05) is 48.5 Å². The van der Waals surface area contributed by atoms with Gasteiger partial charge in [0, 0.05) is 29.1 Å². The van der Waals surface area contributed by atoms with Gasteiger partial charge in [0.1, 0.15) is 0 Å². The maximum atomic E-state index is 12.3. The fourth-order valence-electron chi connectivity index (χ4n) is 3.00. The van der Waals surface area contributed by atoms with Crippen LogP contribution >= 0.6 is 0 Å². The molecule has 2 aromatic carbocycles. The van der Waals surface area contributed by atoms with Crippen molar-refractivity contribution in [2.45, 2.75) is 19.4 Å². The van der Waals surface area contributed by atoms with Crippen LogP contribution in [0.5, 0.6) is 0 Å². The van der Waals surface area contributed by atoms with Crippen molar-refractivity contribution in [3.63, 3.8) is 0 Å². The third-order valence-electron chi connectivity index (χ3n) is 4.19. The number of carbonyl (C=O) groups is 1. The zero-order chi connectivity index (χ0) is 16.8. The predicted octanol–water partition coefficient (Wildman–Crippen LogP) is 2.58. The standard InChI is InChI=1S/C20H22N2O2/c1-2-24-20(23)19(15-8-4-3-5-9-15)21-13-12-16-14-22-18-11-7-6-10-17(16)18/h3-11,14,19,21-22H,2,12-13H2,1H3/p+1/t19-/m0/s1. The van der Waals surface area contributed by atoms with Crippen molar-refractivity contribution in [2.75, 3.05) is 13.2 Å². The third-order valence-corrected chi connectivity index (χ3v) is 4.19. The quantitative estimate of drug-likeness (QED) is 0.657. The molecule has 3 N–H and O–H groups in total. The van der Waals surface area contributed by atoms with E-state index in [0.717, 1.165) is 24.0 Å². The molecule has 0 amide bonds. The first-order chi connectivity index (χ1) is 11.8. The van der Waals surface area contributed by atoms with Crippen LogP contribution in [-0.4, -0.2) is 24.1 Å². The number of rotatable bonds is 7. The van der Waals surface area contributed by atoms with Gasteiger partial charge in [-0.15, -0.1) is 0 Å². The van der Waals surface area contributed by atoms with E-state index in [0.29, 0.717) is 6.61 Å². The van der Waals surface area contributed by atoms with Gasteiger partial charge < -0.3 is 15.0 Å². The molecular weight excluding hydrogens is 300 g/mol. The summed E-state index contributed by atoms with van der Waals surface area (Å²) in [6.07, 6.45) is 2.95. The number of aromatic nitrogens is 1. The van der Waals surface area contributed by atoms with Crippen molar-refractivity contribution in [3.05, 3.63) is 71.9 Å². The Hall–Kier alpha value is -2.59. The fourth-order valence-corrected chi connectivity index (χ4v) is 3.00. The van der Waals surface area contributed by atoms with Crippen molar-refractivity contribution < 1.29 is 14.8 Å². The minimum Gasteiger partial charge on any atom is -0.461 e. The number of hydrogen-bond donors (Lipinski definition) is 2. The first kappa shape index (κ1) is 16.3. The molecule has 1 aromatic heterocycles. The summed E-state index contributed by atoms with van der Waals surface area (Å²) < 4.78 is 5.24. The Labute approximate surface area is 141 Å². The van der Waals surface area contributed by atoms with Crippen LogP contribution in [0.2, 0.25) is 0 Å². The molecule has 0 saturated carbocycles. The Bertz CT molecular complexity index is 796. The van der Waals surface area contributed by atoms with Crippen LogP contribution in [0.15, 0.2) is 60.8 Å². The first-order valence-corrected chi connectivity index (χ1v) is 8.39. The molecule has 1 atom stereocenters. The molecule has 3 rings (SSSR count). The van der Waals surface area contributed by atoms with Gasteiger partial charge in [-0.25, -0.2) is 4.79 Å². The van der Waals surface area contributed by atoms with Gasteiger partial charge in [0.05, 0.1) is 13.2 Å². The SMILES string of the molecule is CCOC(=O)[C@@H]([NH2+]CCc1c[nH]c2ccccc12)c1ccccc1. The van der Waals surface area contributed by atoms with Gasteiger partial charge in [0.15, 0.2) is 0 Å². The van der Waals surface area contributed by atoms with Gasteiger partial charge in [0.25, 0.3) is 0 Å².